The quantitative estimate of drug-likeness (QED) is 0.525. The molecule has 7 heteroatoms. The van der Waals surface area contributed by atoms with Crippen LogP contribution >= 0.6 is 15.9 Å². The van der Waals surface area contributed by atoms with Crippen molar-refractivity contribution < 1.29 is 4.79 Å². The Morgan fingerprint density at radius 2 is 2.14 bits per heavy atom. The van der Waals surface area contributed by atoms with Crippen molar-refractivity contribution in [2.24, 2.45) is 18.0 Å². The SMILES string of the molecule is CN=C(NCc1cccc(NC(=O)C2CCC2)c1)N(C)Cc1cc(Br)cn1C. The molecule has 1 amide bonds. The summed E-state index contributed by atoms with van der Waals surface area (Å²) in [5.74, 6) is 1.15. The lowest BCUT2D eigenvalue weighted by Gasteiger charge is -2.24. The molecule has 1 aromatic heterocycles. The average Bonchev–Trinajstić information content (AvgIpc) is 2.91. The van der Waals surface area contributed by atoms with Crippen molar-refractivity contribution in [3.05, 3.63) is 52.3 Å². The molecule has 150 valence electrons. The Morgan fingerprint density at radius 1 is 1.36 bits per heavy atom. The minimum Gasteiger partial charge on any atom is -0.352 e. The zero-order valence-electron chi connectivity index (χ0n) is 16.7. The van der Waals surface area contributed by atoms with Crippen molar-refractivity contribution >= 4 is 33.5 Å². The van der Waals surface area contributed by atoms with Gasteiger partial charge in [0.1, 0.15) is 0 Å². The van der Waals surface area contributed by atoms with Gasteiger partial charge in [0, 0.05) is 55.7 Å². The van der Waals surface area contributed by atoms with E-state index < -0.39 is 0 Å². The van der Waals surface area contributed by atoms with Gasteiger partial charge in [-0.3, -0.25) is 9.79 Å². The Hall–Kier alpha value is -2.28. The summed E-state index contributed by atoms with van der Waals surface area (Å²) < 4.78 is 3.17. The highest BCUT2D eigenvalue weighted by molar-refractivity contribution is 9.10. The molecule has 0 unspecified atom stereocenters. The van der Waals surface area contributed by atoms with Gasteiger partial charge in [0.05, 0.1) is 6.54 Å². The first-order chi connectivity index (χ1) is 13.5. The van der Waals surface area contributed by atoms with Gasteiger partial charge in [-0.25, -0.2) is 0 Å². The van der Waals surface area contributed by atoms with Gasteiger partial charge in [-0.2, -0.15) is 0 Å². The van der Waals surface area contributed by atoms with Crippen LogP contribution in [0.3, 0.4) is 0 Å². The number of benzene rings is 1. The van der Waals surface area contributed by atoms with Crippen LogP contribution in [-0.2, 0) is 24.9 Å². The van der Waals surface area contributed by atoms with Gasteiger partial charge in [0.15, 0.2) is 5.96 Å². The first kappa shape index (κ1) is 20.5. The number of amides is 1. The first-order valence-electron chi connectivity index (χ1n) is 9.58. The average molecular weight is 446 g/mol. The molecule has 0 spiro atoms. The van der Waals surface area contributed by atoms with E-state index in [9.17, 15) is 4.79 Å². The summed E-state index contributed by atoms with van der Waals surface area (Å²) in [6.07, 6.45) is 5.22. The minimum absolute atomic E-state index is 0.139. The number of nitrogens with zero attached hydrogens (tertiary/aromatic N) is 3. The third-order valence-electron chi connectivity index (χ3n) is 5.17. The number of aliphatic imine (C=N–C) groups is 1. The minimum atomic E-state index is 0.139. The molecule has 0 saturated heterocycles. The van der Waals surface area contributed by atoms with Crippen LogP contribution in [0.1, 0.15) is 30.5 Å². The van der Waals surface area contributed by atoms with Crippen LogP contribution in [0.2, 0.25) is 0 Å². The van der Waals surface area contributed by atoms with Crippen molar-refractivity contribution in [3.8, 4) is 0 Å². The van der Waals surface area contributed by atoms with Gasteiger partial charge in [-0.1, -0.05) is 18.6 Å². The van der Waals surface area contributed by atoms with E-state index in [0.717, 1.165) is 47.5 Å². The number of rotatable bonds is 6. The van der Waals surface area contributed by atoms with E-state index >= 15 is 0 Å². The molecule has 28 heavy (non-hydrogen) atoms. The van der Waals surface area contributed by atoms with Crippen molar-refractivity contribution in [3.63, 3.8) is 0 Å². The fourth-order valence-electron chi connectivity index (χ4n) is 3.28. The molecule has 2 aromatic rings. The molecule has 0 atom stereocenters. The van der Waals surface area contributed by atoms with Crippen molar-refractivity contribution in [1.82, 2.24) is 14.8 Å². The van der Waals surface area contributed by atoms with E-state index in [1.54, 1.807) is 7.05 Å². The number of hydrogen-bond donors (Lipinski definition) is 2. The molecular formula is C21H28BrN5O. The molecule has 1 fully saturated rings. The predicted molar refractivity (Wildman–Crippen MR) is 117 cm³/mol. The van der Waals surface area contributed by atoms with Crippen LogP contribution in [0.15, 0.2) is 46.0 Å². The number of nitrogens with one attached hydrogen (secondary N) is 2. The summed E-state index contributed by atoms with van der Waals surface area (Å²) in [4.78, 5) is 18.6. The topological polar surface area (TPSA) is 61.7 Å². The summed E-state index contributed by atoms with van der Waals surface area (Å²) in [5.41, 5.74) is 3.15. The largest absolute Gasteiger partial charge is 0.352 e. The molecule has 0 radical (unpaired) electrons. The smallest absolute Gasteiger partial charge is 0.227 e. The summed E-state index contributed by atoms with van der Waals surface area (Å²) in [6, 6.07) is 10.1. The number of aromatic nitrogens is 1. The molecule has 6 nitrogen and oxygen atoms in total. The summed E-state index contributed by atoms with van der Waals surface area (Å²) in [5, 5.41) is 6.44. The standard InChI is InChI=1S/C21H28BrN5O/c1-23-21(27(3)14-19-11-17(22)13-26(19)2)24-12-15-6-4-9-18(10-15)25-20(28)16-7-5-8-16/h4,6,9-11,13,16H,5,7-8,12,14H2,1-3H3,(H,23,24)(H,25,28). The molecule has 0 aliphatic heterocycles. The van der Waals surface area contributed by atoms with Gasteiger partial charge in [-0.05, 0) is 52.5 Å². The van der Waals surface area contributed by atoms with Gasteiger partial charge in [0.2, 0.25) is 5.91 Å². The molecule has 2 N–H and O–H groups in total. The second kappa shape index (κ2) is 9.28. The van der Waals surface area contributed by atoms with Crippen LogP contribution in [0.25, 0.3) is 0 Å². The Labute approximate surface area is 175 Å². The van der Waals surface area contributed by atoms with Gasteiger partial charge < -0.3 is 20.1 Å². The Bertz CT molecular complexity index is 856. The lowest BCUT2D eigenvalue weighted by atomic mass is 9.85. The van der Waals surface area contributed by atoms with Crippen LogP contribution in [0.4, 0.5) is 5.69 Å². The monoisotopic (exact) mass is 445 g/mol. The number of hydrogen-bond acceptors (Lipinski definition) is 2. The van der Waals surface area contributed by atoms with E-state index in [1.165, 1.54) is 5.69 Å². The maximum Gasteiger partial charge on any atom is 0.227 e. The normalized spacial score (nSPS) is 14.5. The fourth-order valence-corrected chi connectivity index (χ4v) is 3.85. The lowest BCUT2D eigenvalue weighted by molar-refractivity contribution is -0.122. The summed E-state index contributed by atoms with van der Waals surface area (Å²) in [7, 11) is 5.84. The molecular weight excluding hydrogens is 418 g/mol. The zero-order chi connectivity index (χ0) is 20.1. The molecule has 3 rings (SSSR count). The van der Waals surface area contributed by atoms with E-state index in [4.69, 9.17) is 0 Å². The lowest BCUT2D eigenvalue weighted by Crippen LogP contribution is -2.38. The molecule has 1 aromatic carbocycles. The molecule has 1 aliphatic rings. The Balaban J connectivity index is 1.56. The van der Waals surface area contributed by atoms with E-state index in [0.29, 0.717) is 6.54 Å². The second-order valence-corrected chi connectivity index (χ2v) is 8.25. The van der Waals surface area contributed by atoms with Gasteiger partial charge >= 0.3 is 0 Å². The number of halogens is 1. The highest BCUT2D eigenvalue weighted by Crippen LogP contribution is 2.27. The first-order valence-corrected chi connectivity index (χ1v) is 10.4. The van der Waals surface area contributed by atoms with Gasteiger partial charge in [-0.15, -0.1) is 0 Å². The van der Waals surface area contributed by atoms with Crippen molar-refractivity contribution in [1.29, 1.82) is 0 Å². The third kappa shape index (κ3) is 5.16. The van der Waals surface area contributed by atoms with Crippen LogP contribution in [0, 0.1) is 5.92 Å². The third-order valence-corrected chi connectivity index (χ3v) is 5.60. The fraction of sp³-hybridized carbons (Fsp3) is 0.429. The number of guanidine groups is 1. The van der Waals surface area contributed by atoms with Crippen LogP contribution < -0.4 is 10.6 Å². The maximum atomic E-state index is 12.2. The highest BCUT2D eigenvalue weighted by Gasteiger charge is 2.25. The van der Waals surface area contributed by atoms with E-state index in [2.05, 4.69) is 47.1 Å². The van der Waals surface area contributed by atoms with Crippen LogP contribution in [0.5, 0.6) is 0 Å². The predicted octanol–water partition coefficient (Wildman–Crippen LogP) is 3.73. The van der Waals surface area contributed by atoms with Crippen molar-refractivity contribution in [2.45, 2.75) is 32.4 Å². The summed E-state index contributed by atoms with van der Waals surface area (Å²) in [6.45, 7) is 1.39. The Kier molecular flexibility index (Phi) is 6.78. The van der Waals surface area contributed by atoms with Crippen LogP contribution in [-0.4, -0.2) is 35.4 Å². The number of aryl methyl sites for hydroxylation is 1. The van der Waals surface area contributed by atoms with Crippen molar-refractivity contribution in [2.75, 3.05) is 19.4 Å². The highest BCUT2D eigenvalue weighted by atomic mass is 79.9. The zero-order valence-corrected chi connectivity index (χ0v) is 18.3. The Morgan fingerprint density at radius 3 is 2.75 bits per heavy atom. The van der Waals surface area contributed by atoms with Gasteiger partial charge in [0.25, 0.3) is 0 Å². The van der Waals surface area contributed by atoms with E-state index in [-0.39, 0.29) is 11.8 Å². The molecule has 1 aliphatic carbocycles. The number of carbonyl (C=O) groups excluding carboxylic acids is 1. The van der Waals surface area contributed by atoms with E-state index in [1.807, 2.05) is 44.6 Å². The molecule has 1 saturated carbocycles. The number of carbonyl (C=O) groups is 1. The maximum absolute atomic E-state index is 12.2. The second-order valence-electron chi connectivity index (χ2n) is 7.33. The molecule has 0 bridgehead atoms. The molecule has 1 heterocycles. The number of anilines is 1. The summed E-state index contributed by atoms with van der Waals surface area (Å²) >= 11 is 3.51.